The number of alkyl halides is 3. The van der Waals surface area contributed by atoms with Gasteiger partial charge in [0.15, 0.2) is 0 Å². The monoisotopic (exact) mass is 485 g/mol. The van der Waals surface area contributed by atoms with Crippen molar-refractivity contribution in [2.75, 3.05) is 6.61 Å². The van der Waals surface area contributed by atoms with Gasteiger partial charge in [-0.25, -0.2) is 0 Å². The van der Waals surface area contributed by atoms with Gasteiger partial charge in [0.2, 0.25) is 0 Å². The molecule has 1 N–H and O–H groups in total. The lowest BCUT2D eigenvalue weighted by Crippen LogP contribution is -2.51. The zero-order valence-electron chi connectivity index (χ0n) is 19.7. The predicted molar refractivity (Wildman–Crippen MR) is 126 cm³/mol. The Kier molecular flexibility index (Phi) is 6.24. The van der Waals surface area contributed by atoms with Crippen LogP contribution in [-0.4, -0.2) is 28.8 Å². The first-order valence-corrected chi connectivity index (χ1v) is 12.4. The van der Waals surface area contributed by atoms with Crippen LogP contribution in [0.15, 0.2) is 48.7 Å². The highest BCUT2D eigenvalue weighted by Crippen LogP contribution is 2.59. The van der Waals surface area contributed by atoms with E-state index in [-0.39, 0.29) is 30.5 Å². The van der Waals surface area contributed by atoms with Gasteiger partial charge in [-0.1, -0.05) is 43.5 Å². The number of pyridine rings is 1. The molecule has 2 aromatic rings. The Labute approximate surface area is 203 Å². The Balaban J connectivity index is 1.41. The highest BCUT2D eigenvalue weighted by Gasteiger charge is 2.63. The number of benzene rings is 1. The Hall–Kier alpha value is -2.67. The maximum absolute atomic E-state index is 13.1. The molecule has 2 saturated carbocycles. The summed E-state index contributed by atoms with van der Waals surface area (Å²) in [4.78, 5) is 17.3. The van der Waals surface area contributed by atoms with E-state index in [0.717, 1.165) is 37.8 Å². The van der Waals surface area contributed by atoms with Crippen LogP contribution in [0.2, 0.25) is 0 Å². The topological polar surface area (TPSA) is 59.4 Å². The fourth-order valence-corrected chi connectivity index (χ4v) is 6.83. The molecule has 3 aliphatic rings. The number of fused-ring (bicyclic) bond motifs is 2. The number of hydrogen-bond donors (Lipinski definition) is 1. The molecule has 186 valence electrons. The number of rotatable bonds is 4. The number of esters is 1. The van der Waals surface area contributed by atoms with E-state index >= 15 is 0 Å². The second kappa shape index (κ2) is 9.08. The van der Waals surface area contributed by atoms with Gasteiger partial charge in [-0.05, 0) is 67.4 Å². The zero-order chi connectivity index (χ0) is 24.8. The molecule has 2 aliphatic carbocycles. The SMILES string of the molecule is CC1OC(=O)[C@]2(CO)CC3CCCCC3[C@H](/C=C/c3ccc(-c4cccc(C(F)(F)F)c4)cn3)C12. The smallest absolute Gasteiger partial charge is 0.416 e. The molecule has 1 aliphatic heterocycles. The number of allylic oxidation sites excluding steroid dienone is 1. The Morgan fingerprint density at radius 3 is 2.69 bits per heavy atom. The van der Waals surface area contributed by atoms with Crippen molar-refractivity contribution in [1.82, 2.24) is 4.98 Å². The normalized spacial score (nSPS) is 32.8. The summed E-state index contributed by atoms with van der Waals surface area (Å²) < 4.78 is 44.9. The third-order valence-electron chi connectivity index (χ3n) is 8.43. The molecular weight excluding hydrogens is 455 g/mol. The summed E-state index contributed by atoms with van der Waals surface area (Å²) in [6.07, 6.45) is 6.16. The summed E-state index contributed by atoms with van der Waals surface area (Å²) in [5, 5.41) is 10.3. The molecule has 35 heavy (non-hydrogen) atoms. The third-order valence-corrected chi connectivity index (χ3v) is 8.43. The molecule has 2 heterocycles. The molecular formula is C28H30F3NO3. The van der Waals surface area contributed by atoms with Crippen LogP contribution in [0.25, 0.3) is 17.2 Å². The molecule has 7 heteroatoms. The van der Waals surface area contributed by atoms with E-state index in [1.54, 1.807) is 24.4 Å². The van der Waals surface area contributed by atoms with Gasteiger partial charge in [-0.15, -0.1) is 0 Å². The first-order valence-electron chi connectivity index (χ1n) is 12.4. The number of carbonyl (C=O) groups is 1. The Morgan fingerprint density at radius 2 is 1.97 bits per heavy atom. The van der Waals surface area contributed by atoms with Crippen molar-refractivity contribution in [2.24, 2.45) is 29.1 Å². The summed E-state index contributed by atoms with van der Waals surface area (Å²) in [5.74, 6) is 0.554. The third kappa shape index (κ3) is 4.28. The molecule has 3 fully saturated rings. The maximum Gasteiger partial charge on any atom is 0.416 e. The van der Waals surface area contributed by atoms with Gasteiger partial charge in [0.25, 0.3) is 0 Å². The predicted octanol–water partition coefficient (Wildman–Crippen LogP) is 6.15. The molecule has 4 nitrogen and oxygen atoms in total. The van der Waals surface area contributed by atoms with E-state index in [2.05, 4.69) is 11.1 Å². The average molecular weight is 486 g/mol. The van der Waals surface area contributed by atoms with Gasteiger partial charge in [-0.2, -0.15) is 13.2 Å². The number of cyclic esters (lactones) is 1. The van der Waals surface area contributed by atoms with Crippen LogP contribution in [0.3, 0.4) is 0 Å². The van der Waals surface area contributed by atoms with Crippen molar-refractivity contribution in [3.63, 3.8) is 0 Å². The van der Waals surface area contributed by atoms with Crippen molar-refractivity contribution >= 4 is 12.0 Å². The standard InChI is InChI=1S/C28H30F3NO3/c1-17-25-24(23-8-3-2-5-19(23)14-27(25,16-33)26(34)35-17)12-11-22-10-9-20(15-32-22)18-6-4-7-21(13-18)28(29,30)31/h4,6-7,9-13,15,17,19,23-25,33H,2-3,5,8,14,16H2,1H3/b12-11+/t17?,19?,23?,24-,25?,27-/m0/s1. The zero-order valence-corrected chi connectivity index (χ0v) is 19.7. The molecule has 1 aromatic carbocycles. The largest absolute Gasteiger partial charge is 0.462 e. The van der Waals surface area contributed by atoms with Crippen LogP contribution in [0.5, 0.6) is 0 Å². The van der Waals surface area contributed by atoms with Crippen molar-refractivity contribution in [3.8, 4) is 11.1 Å². The van der Waals surface area contributed by atoms with Gasteiger partial charge in [0.05, 0.1) is 23.3 Å². The van der Waals surface area contributed by atoms with Crippen molar-refractivity contribution < 1.29 is 27.8 Å². The van der Waals surface area contributed by atoms with E-state index in [0.29, 0.717) is 35.1 Å². The van der Waals surface area contributed by atoms with Gasteiger partial charge in [-0.3, -0.25) is 9.78 Å². The number of carbonyl (C=O) groups excluding carboxylic acids is 1. The quantitative estimate of drug-likeness (QED) is 0.528. The number of aliphatic hydroxyl groups is 1. The molecule has 1 aromatic heterocycles. The van der Waals surface area contributed by atoms with E-state index in [9.17, 15) is 23.1 Å². The highest BCUT2D eigenvalue weighted by molar-refractivity contribution is 5.80. The number of nitrogens with zero attached hydrogens (tertiary/aromatic N) is 1. The number of hydrogen-bond acceptors (Lipinski definition) is 4. The van der Waals surface area contributed by atoms with Crippen LogP contribution in [-0.2, 0) is 15.7 Å². The summed E-state index contributed by atoms with van der Waals surface area (Å²) in [6, 6.07) is 8.79. The molecule has 0 spiro atoms. The maximum atomic E-state index is 13.1. The first-order chi connectivity index (χ1) is 16.7. The number of aromatic nitrogens is 1. The number of ether oxygens (including phenoxy) is 1. The lowest BCUT2D eigenvalue weighted by Gasteiger charge is -2.50. The van der Waals surface area contributed by atoms with Gasteiger partial charge >= 0.3 is 12.1 Å². The van der Waals surface area contributed by atoms with Crippen LogP contribution >= 0.6 is 0 Å². The van der Waals surface area contributed by atoms with Crippen molar-refractivity contribution in [1.29, 1.82) is 0 Å². The summed E-state index contributed by atoms with van der Waals surface area (Å²) in [7, 11) is 0. The summed E-state index contributed by atoms with van der Waals surface area (Å²) >= 11 is 0. The fourth-order valence-electron chi connectivity index (χ4n) is 6.83. The van der Waals surface area contributed by atoms with Crippen molar-refractivity contribution in [3.05, 3.63) is 59.9 Å². The van der Waals surface area contributed by atoms with Crippen molar-refractivity contribution in [2.45, 2.75) is 51.3 Å². The average Bonchev–Trinajstić information content (AvgIpc) is 3.11. The minimum Gasteiger partial charge on any atom is -0.462 e. The molecule has 0 bridgehead atoms. The second-order valence-electron chi connectivity index (χ2n) is 10.3. The molecule has 4 unspecified atom stereocenters. The minimum atomic E-state index is -4.39. The van der Waals surface area contributed by atoms with Gasteiger partial charge in [0.1, 0.15) is 6.10 Å². The first kappa shape index (κ1) is 24.0. The van der Waals surface area contributed by atoms with E-state index < -0.39 is 17.2 Å². The van der Waals surface area contributed by atoms with Gasteiger partial charge < -0.3 is 9.84 Å². The fraction of sp³-hybridized carbons (Fsp3) is 0.500. The second-order valence-corrected chi connectivity index (χ2v) is 10.3. The number of aliphatic hydroxyl groups excluding tert-OH is 1. The summed E-state index contributed by atoms with van der Waals surface area (Å²) in [5.41, 5.74) is 0.247. The molecule has 6 atom stereocenters. The lowest BCUT2D eigenvalue weighted by atomic mass is 9.52. The molecule has 0 radical (unpaired) electrons. The van der Waals surface area contributed by atoms with Crippen LogP contribution in [0.4, 0.5) is 13.2 Å². The molecule has 0 amide bonds. The Morgan fingerprint density at radius 1 is 1.17 bits per heavy atom. The Bertz CT molecular complexity index is 1110. The van der Waals surface area contributed by atoms with Gasteiger partial charge in [0, 0.05) is 17.7 Å². The lowest BCUT2D eigenvalue weighted by molar-refractivity contribution is -0.153. The van der Waals surface area contributed by atoms with E-state index in [4.69, 9.17) is 4.74 Å². The molecule has 1 saturated heterocycles. The highest BCUT2D eigenvalue weighted by atomic mass is 19.4. The van der Waals surface area contributed by atoms with E-state index in [1.165, 1.54) is 6.07 Å². The van der Waals surface area contributed by atoms with Crippen LogP contribution in [0, 0.1) is 29.1 Å². The minimum absolute atomic E-state index is 0.0834. The molecule has 5 rings (SSSR count). The van der Waals surface area contributed by atoms with Crippen LogP contribution in [0.1, 0.15) is 50.3 Å². The van der Waals surface area contributed by atoms with E-state index in [1.807, 2.05) is 13.0 Å². The number of halogens is 3. The summed E-state index contributed by atoms with van der Waals surface area (Å²) in [6.45, 7) is 1.73. The van der Waals surface area contributed by atoms with Crippen LogP contribution < -0.4 is 0 Å².